The predicted octanol–water partition coefficient (Wildman–Crippen LogP) is 4.30. The molecule has 3 aromatic heterocycles. The van der Waals surface area contributed by atoms with Crippen LogP contribution in [0.25, 0.3) is 22.3 Å². The molecule has 0 saturated carbocycles. The fraction of sp³-hybridized carbons (Fsp3) is 0.463. The maximum absolute atomic E-state index is 13.3. The molecular weight excluding hydrogens is 713 g/mol. The molecule has 3 saturated heterocycles. The molecule has 1 atom stereocenters. The van der Waals surface area contributed by atoms with E-state index in [1.54, 1.807) is 17.4 Å². The maximum atomic E-state index is 13.3. The standard InChI is InChI=1S/C41H52N10O5/c1-28(24-48-14-16-51(17-15-48)40(54)56-41(2,3)4)38(52)46-32-6-5-13-49(26-32)25-29-11-12-42-35(22-29)39(53)45-31-9-7-30(8-10-31)34-23-33-36(47-34)43-27-44-37(33)50-18-20-55-21-19-50/h7-12,22-23,27,32H,1,5-6,13-21,24-26H2,2-4H3,(H,45,53)(H,46,52)(H,43,44,47)/t32-/m1/s1. The summed E-state index contributed by atoms with van der Waals surface area (Å²) in [6.45, 7) is 17.7. The molecule has 1 aromatic carbocycles. The van der Waals surface area contributed by atoms with E-state index in [-0.39, 0.29) is 23.9 Å². The summed E-state index contributed by atoms with van der Waals surface area (Å²) in [6, 6.07) is 13.5. The molecule has 7 rings (SSSR count). The van der Waals surface area contributed by atoms with Gasteiger partial charge in [-0.25, -0.2) is 14.8 Å². The summed E-state index contributed by atoms with van der Waals surface area (Å²) in [5.74, 6) is 0.467. The van der Waals surface area contributed by atoms with E-state index >= 15 is 0 Å². The van der Waals surface area contributed by atoms with E-state index in [0.717, 1.165) is 66.1 Å². The van der Waals surface area contributed by atoms with Crippen molar-refractivity contribution in [2.45, 2.75) is 51.8 Å². The Morgan fingerprint density at radius 3 is 2.46 bits per heavy atom. The van der Waals surface area contributed by atoms with Gasteiger partial charge in [-0.1, -0.05) is 18.7 Å². The van der Waals surface area contributed by atoms with E-state index in [1.165, 1.54) is 0 Å². The molecule has 3 N–H and O–H groups in total. The fourth-order valence-corrected chi connectivity index (χ4v) is 7.35. The van der Waals surface area contributed by atoms with Gasteiger partial charge in [0.25, 0.3) is 5.91 Å². The van der Waals surface area contributed by atoms with Gasteiger partial charge in [0.2, 0.25) is 5.91 Å². The summed E-state index contributed by atoms with van der Waals surface area (Å²) in [4.78, 5) is 64.0. The third kappa shape index (κ3) is 9.88. The van der Waals surface area contributed by atoms with Gasteiger partial charge in [0.15, 0.2) is 0 Å². The van der Waals surface area contributed by atoms with E-state index in [9.17, 15) is 14.4 Å². The molecule has 296 valence electrons. The van der Waals surface area contributed by atoms with Crippen LogP contribution in [0, 0.1) is 0 Å². The second-order valence-corrected chi connectivity index (χ2v) is 15.7. The van der Waals surface area contributed by atoms with Gasteiger partial charge in [-0.05, 0) is 81.6 Å². The van der Waals surface area contributed by atoms with Gasteiger partial charge in [0.1, 0.15) is 29.1 Å². The molecule has 0 bridgehead atoms. The molecule has 0 aliphatic carbocycles. The van der Waals surface area contributed by atoms with Crippen LogP contribution in [0.1, 0.15) is 49.7 Å². The largest absolute Gasteiger partial charge is 0.444 e. The van der Waals surface area contributed by atoms with Gasteiger partial charge in [-0.3, -0.25) is 24.4 Å². The van der Waals surface area contributed by atoms with E-state index in [0.29, 0.717) is 76.0 Å². The first-order chi connectivity index (χ1) is 27.0. The second-order valence-electron chi connectivity index (χ2n) is 15.7. The van der Waals surface area contributed by atoms with E-state index in [1.807, 2.05) is 57.2 Å². The van der Waals surface area contributed by atoms with Crippen molar-refractivity contribution in [1.29, 1.82) is 0 Å². The number of pyridine rings is 1. The van der Waals surface area contributed by atoms with Crippen LogP contribution in [0.5, 0.6) is 0 Å². The molecule has 0 unspecified atom stereocenters. The van der Waals surface area contributed by atoms with Gasteiger partial charge >= 0.3 is 6.09 Å². The van der Waals surface area contributed by atoms with Crippen LogP contribution < -0.4 is 15.5 Å². The summed E-state index contributed by atoms with van der Waals surface area (Å²) in [5, 5.41) is 7.13. The lowest BCUT2D eigenvalue weighted by Gasteiger charge is -2.36. The van der Waals surface area contributed by atoms with Crippen molar-refractivity contribution in [3.63, 3.8) is 0 Å². The van der Waals surface area contributed by atoms with Crippen LogP contribution in [0.4, 0.5) is 16.3 Å². The van der Waals surface area contributed by atoms with Crippen LogP contribution in [-0.4, -0.2) is 136 Å². The highest BCUT2D eigenvalue weighted by atomic mass is 16.6. The number of carbonyl (C=O) groups is 3. The van der Waals surface area contributed by atoms with Crippen LogP contribution >= 0.6 is 0 Å². The SMILES string of the molecule is C=C(CN1CCN(C(=O)OC(C)(C)C)CC1)C(=O)N[C@@H]1CCCN(Cc2ccnc(C(=O)Nc3ccc(-c4cc5c(N6CCOCC6)ncnc5[nH]4)cc3)c2)C1. The Hall–Kier alpha value is -5.38. The first-order valence-corrected chi connectivity index (χ1v) is 19.4. The molecule has 3 fully saturated rings. The molecule has 15 nitrogen and oxygen atoms in total. The molecule has 15 heteroatoms. The minimum absolute atomic E-state index is 0.00583. The number of hydrogen-bond donors (Lipinski definition) is 3. The third-order valence-corrected chi connectivity index (χ3v) is 10.2. The molecule has 0 spiro atoms. The van der Waals surface area contributed by atoms with Crippen LogP contribution in [0.15, 0.2) is 67.1 Å². The smallest absolute Gasteiger partial charge is 0.410 e. The highest BCUT2D eigenvalue weighted by molar-refractivity contribution is 6.03. The lowest BCUT2D eigenvalue weighted by Crippen LogP contribution is -2.51. The Labute approximate surface area is 327 Å². The number of H-pyrrole nitrogens is 1. The second kappa shape index (κ2) is 17.2. The van der Waals surface area contributed by atoms with Crippen molar-refractivity contribution in [2.24, 2.45) is 0 Å². The zero-order chi connectivity index (χ0) is 39.2. The average molecular weight is 765 g/mol. The van der Waals surface area contributed by atoms with Crippen molar-refractivity contribution in [3.05, 3.63) is 78.4 Å². The van der Waals surface area contributed by atoms with E-state index < -0.39 is 5.60 Å². The number of anilines is 2. The zero-order valence-corrected chi connectivity index (χ0v) is 32.6. The normalized spacial score (nSPS) is 18.4. The van der Waals surface area contributed by atoms with Gasteiger partial charge in [0, 0.05) is 88.1 Å². The number of aromatic amines is 1. The Kier molecular flexibility index (Phi) is 11.9. The van der Waals surface area contributed by atoms with Gasteiger partial charge in [-0.2, -0.15) is 0 Å². The quantitative estimate of drug-likeness (QED) is 0.198. The minimum atomic E-state index is -0.532. The summed E-state index contributed by atoms with van der Waals surface area (Å²) < 4.78 is 11.0. The molecule has 3 amide bonds. The van der Waals surface area contributed by atoms with Crippen molar-refractivity contribution in [1.82, 2.24) is 40.0 Å². The first kappa shape index (κ1) is 38.9. The number of piperidine rings is 1. The van der Waals surface area contributed by atoms with Crippen molar-refractivity contribution >= 4 is 40.4 Å². The van der Waals surface area contributed by atoms with Crippen LogP contribution in [-0.2, 0) is 20.8 Å². The van der Waals surface area contributed by atoms with Crippen molar-refractivity contribution in [2.75, 3.05) is 82.3 Å². The first-order valence-electron chi connectivity index (χ1n) is 19.4. The number of likely N-dealkylation sites (tertiary alicyclic amines) is 1. The number of ether oxygens (including phenoxy) is 2. The molecule has 4 aromatic rings. The third-order valence-electron chi connectivity index (χ3n) is 10.2. The number of nitrogens with one attached hydrogen (secondary N) is 3. The average Bonchev–Trinajstić information content (AvgIpc) is 3.63. The lowest BCUT2D eigenvalue weighted by molar-refractivity contribution is -0.118. The van der Waals surface area contributed by atoms with Crippen molar-refractivity contribution < 1.29 is 23.9 Å². The summed E-state index contributed by atoms with van der Waals surface area (Å²) in [7, 11) is 0. The summed E-state index contributed by atoms with van der Waals surface area (Å²) in [5.41, 5.74) is 4.60. The Morgan fingerprint density at radius 2 is 1.71 bits per heavy atom. The van der Waals surface area contributed by atoms with E-state index in [2.05, 4.69) is 57.9 Å². The monoisotopic (exact) mass is 764 g/mol. The molecule has 6 heterocycles. The molecule has 3 aliphatic rings. The number of amides is 3. The van der Waals surface area contributed by atoms with Gasteiger partial charge in [-0.15, -0.1) is 0 Å². The number of carbonyl (C=O) groups excluding carboxylic acids is 3. The molecule has 56 heavy (non-hydrogen) atoms. The Morgan fingerprint density at radius 1 is 0.946 bits per heavy atom. The minimum Gasteiger partial charge on any atom is -0.444 e. The summed E-state index contributed by atoms with van der Waals surface area (Å²) in [6.07, 6.45) is 4.77. The van der Waals surface area contributed by atoms with Gasteiger partial charge in [0.05, 0.1) is 18.6 Å². The maximum Gasteiger partial charge on any atom is 0.410 e. The Bertz CT molecular complexity index is 2030. The number of benzene rings is 1. The molecule has 3 aliphatic heterocycles. The number of fused-ring (bicyclic) bond motifs is 1. The number of hydrogen-bond acceptors (Lipinski definition) is 11. The highest BCUT2D eigenvalue weighted by Crippen LogP contribution is 2.30. The van der Waals surface area contributed by atoms with E-state index in [4.69, 9.17) is 9.47 Å². The number of aromatic nitrogens is 4. The van der Waals surface area contributed by atoms with Crippen molar-refractivity contribution in [3.8, 4) is 11.3 Å². The van der Waals surface area contributed by atoms with Gasteiger partial charge < -0.3 is 34.9 Å². The highest BCUT2D eigenvalue weighted by Gasteiger charge is 2.28. The summed E-state index contributed by atoms with van der Waals surface area (Å²) >= 11 is 0. The zero-order valence-electron chi connectivity index (χ0n) is 32.6. The fourth-order valence-electron chi connectivity index (χ4n) is 7.35. The number of piperazine rings is 1. The number of rotatable bonds is 10. The molecule has 0 radical (unpaired) electrons. The lowest BCUT2D eigenvalue weighted by atomic mass is 10.0. The number of morpholine rings is 1. The number of nitrogens with zero attached hydrogens (tertiary/aromatic N) is 7. The molecular formula is C41H52N10O5. The van der Waals surface area contributed by atoms with Crippen LogP contribution in [0.3, 0.4) is 0 Å². The predicted molar refractivity (Wildman–Crippen MR) is 214 cm³/mol. The topological polar surface area (TPSA) is 161 Å². The van der Waals surface area contributed by atoms with Crippen LogP contribution in [0.2, 0.25) is 0 Å². The Balaban J connectivity index is 0.881.